The minimum absolute atomic E-state index is 0.0833. The lowest BCUT2D eigenvalue weighted by Crippen LogP contribution is -2.36. The van der Waals surface area contributed by atoms with Crippen LogP contribution in [0.4, 0.5) is 4.79 Å². The fraction of sp³-hybridized carbons (Fsp3) is 0.923. The summed E-state index contributed by atoms with van der Waals surface area (Å²) in [4.78, 5) is 13.4. The number of aliphatic hydroxyl groups excluding tert-OH is 1. The van der Waals surface area contributed by atoms with E-state index < -0.39 is 11.7 Å². The van der Waals surface area contributed by atoms with Gasteiger partial charge < -0.3 is 20.1 Å². The highest BCUT2D eigenvalue weighted by Crippen LogP contribution is 2.19. The second kappa shape index (κ2) is 5.89. The molecule has 1 saturated heterocycles. The summed E-state index contributed by atoms with van der Waals surface area (Å²) in [6.45, 7) is 11.3. The predicted octanol–water partition coefficient (Wildman–Crippen LogP) is 1.21. The number of nitrogens with one attached hydrogen (secondary N) is 1. The van der Waals surface area contributed by atoms with Crippen LogP contribution in [0, 0.1) is 5.92 Å². The van der Waals surface area contributed by atoms with Crippen molar-refractivity contribution in [1.29, 1.82) is 0 Å². The van der Waals surface area contributed by atoms with Gasteiger partial charge in [0.2, 0.25) is 0 Å². The zero-order valence-electron chi connectivity index (χ0n) is 12.1. The van der Waals surface area contributed by atoms with Gasteiger partial charge in [-0.2, -0.15) is 0 Å². The van der Waals surface area contributed by atoms with Gasteiger partial charge >= 0.3 is 6.09 Å². The predicted molar refractivity (Wildman–Crippen MR) is 70.4 cm³/mol. The molecule has 0 spiro atoms. The summed E-state index contributed by atoms with van der Waals surface area (Å²) in [5.41, 5.74) is -0.490. The normalized spacial score (nSPS) is 24.7. The average molecular weight is 258 g/mol. The summed E-state index contributed by atoms with van der Waals surface area (Å²) in [5, 5.41) is 13.2. The Morgan fingerprint density at radius 1 is 1.44 bits per heavy atom. The van der Waals surface area contributed by atoms with Gasteiger partial charge in [0.25, 0.3) is 0 Å². The largest absolute Gasteiger partial charge is 0.444 e. The Balaban J connectivity index is 2.45. The molecular weight excluding hydrogens is 232 g/mol. The number of carbonyl (C=O) groups excluding carboxylic acids is 1. The SMILES string of the molecule is CC(C)NC[C@@H]1CN(C(=O)OC(C)(C)C)CC1O. The minimum atomic E-state index is -0.490. The first-order valence-corrected chi connectivity index (χ1v) is 6.58. The second-order valence-corrected chi connectivity index (χ2v) is 6.28. The monoisotopic (exact) mass is 258 g/mol. The molecule has 0 bridgehead atoms. The van der Waals surface area contributed by atoms with Gasteiger partial charge in [0, 0.05) is 25.0 Å². The molecule has 0 saturated carbocycles. The van der Waals surface area contributed by atoms with Crippen molar-refractivity contribution in [3.8, 4) is 0 Å². The van der Waals surface area contributed by atoms with Crippen LogP contribution in [0.15, 0.2) is 0 Å². The van der Waals surface area contributed by atoms with Gasteiger partial charge in [-0.15, -0.1) is 0 Å². The third kappa shape index (κ3) is 4.82. The Hall–Kier alpha value is -0.810. The van der Waals surface area contributed by atoms with E-state index in [2.05, 4.69) is 19.2 Å². The lowest BCUT2D eigenvalue weighted by molar-refractivity contribution is 0.0270. The molecule has 0 radical (unpaired) electrons. The number of ether oxygens (including phenoxy) is 1. The molecule has 1 amide bonds. The van der Waals surface area contributed by atoms with E-state index in [-0.39, 0.29) is 12.0 Å². The number of β-amino-alcohol motifs (C(OH)–C–C–N with tert-alkyl or cyclic N) is 1. The Labute approximate surface area is 109 Å². The summed E-state index contributed by atoms with van der Waals surface area (Å²) in [5.74, 6) is 0.0833. The van der Waals surface area contributed by atoms with Crippen molar-refractivity contribution in [2.75, 3.05) is 19.6 Å². The van der Waals surface area contributed by atoms with Crippen LogP contribution >= 0.6 is 0 Å². The molecule has 0 aromatic heterocycles. The Kier molecular flexibility index (Phi) is 4.99. The van der Waals surface area contributed by atoms with Crippen molar-refractivity contribution >= 4 is 6.09 Å². The maximum Gasteiger partial charge on any atom is 0.410 e. The van der Waals surface area contributed by atoms with E-state index >= 15 is 0 Å². The van der Waals surface area contributed by atoms with Crippen molar-refractivity contribution in [3.05, 3.63) is 0 Å². The van der Waals surface area contributed by atoms with Crippen LogP contribution < -0.4 is 5.32 Å². The Morgan fingerprint density at radius 3 is 2.56 bits per heavy atom. The lowest BCUT2D eigenvalue weighted by atomic mass is 10.1. The summed E-state index contributed by atoms with van der Waals surface area (Å²) in [7, 11) is 0. The van der Waals surface area contributed by atoms with E-state index in [1.54, 1.807) is 4.90 Å². The quantitative estimate of drug-likeness (QED) is 0.799. The van der Waals surface area contributed by atoms with Gasteiger partial charge in [0.1, 0.15) is 5.60 Å². The van der Waals surface area contributed by atoms with Crippen LogP contribution in [0.5, 0.6) is 0 Å². The third-order valence-corrected chi connectivity index (χ3v) is 2.85. The van der Waals surface area contributed by atoms with E-state index in [0.29, 0.717) is 19.1 Å². The van der Waals surface area contributed by atoms with Crippen LogP contribution in [0.2, 0.25) is 0 Å². The summed E-state index contributed by atoms with van der Waals surface area (Å²) >= 11 is 0. The van der Waals surface area contributed by atoms with Gasteiger partial charge in [0.05, 0.1) is 12.6 Å². The number of hydrogen-bond acceptors (Lipinski definition) is 4. The summed E-state index contributed by atoms with van der Waals surface area (Å²) in [6, 6.07) is 0.382. The summed E-state index contributed by atoms with van der Waals surface area (Å²) in [6.07, 6.45) is -0.808. The Bertz CT molecular complexity index is 286. The Morgan fingerprint density at radius 2 is 2.06 bits per heavy atom. The fourth-order valence-corrected chi connectivity index (χ4v) is 1.92. The molecule has 1 aliphatic rings. The first kappa shape index (κ1) is 15.2. The molecule has 1 aliphatic heterocycles. The molecular formula is C13H26N2O3. The second-order valence-electron chi connectivity index (χ2n) is 6.28. The first-order chi connectivity index (χ1) is 8.19. The zero-order chi connectivity index (χ0) is 13.9. The van der Waals surface area contributed by atoms with Crippen molar-refractivity contribution in [1.82, 2.24) is 10.2 Å². The van der Waals surface area contributed by atoms with Gasteiger partial charge in [0.15, 0.2) is 0 Å². The topological polar surface area (TPSA) is 61.8 Å². The van der Waals surface area contributed by atoms with Crippen molar-refractivity contribution in [2.45, 2.75) is 52.4 Å². The van der Waals surface area contributed by atoms with E-state index in [4.69, 9.17) is 4.74 Å². The molecule has 2 N–H and O–H groups in total. The van der Waals surface area contributed by atoms with E-state index in [0.717, 1.165) is 6.54 Å². The molecule has 18 heavy (non-hydrogen) atoms. The number of rotatable bonds is 3. The molecule has 5 heteroatoms. The van der Waals surface area contributed by atoms with Crippen molar-refractivity contribution in [2.24, 2.45) is 5.92 Å². The van der Waals surface area contributed by atoms with Crippen LogP contribution in [0.25, 0.3) is 0 Å². The third-order valence-electron chi connectivity index (χ3n) is 2.85. The highest BCUT2D eigenvalue weighted by atomic mass is 16.6. The molecule has 2 atom stereocenters. The van der Waals surface area contributed by atoms with E-state index in [1.807, 2.05) is 20.8 Å². The van der Waals surface area contributed by atoms with Gasteiger partial charge in [-0.1, -0.05) is 13.8 Å². The number of carbonyl (C=O) groups is 1. The van der Waals surface area contributed by atoms with Gasteiger partial charge in [-0.05, 0) is 20.8 Å². The standard InChI is InChI=1S/C13H26N2O3/c1-9(2)14-6-10-7-15(8-11(10)16)12(17)18-13(3,4)5/h9-11,14,16H,6-8H2,1-5H3/t10-,11?/m1/s1. The maximum atomic E-state index is 11.9. The maximum absolute atomic E-state index is 11.9. The van der Waals surface area contributed by atoms with Crippen LogP contribution in [-0.4, -0.2) is 53.5 Å². The van der Waals surface area contributed by atoms with E-state index in [1.165, 1.54) is 0 Å². The average Bonchev–Trinajstić information content (AvgIpc) is 2.54. The molecule has 0 aromatic rings. The molecule has 0 aliphatic carbocycles. The van der Waals surface area contributed by atoms with Crippen LogP contribution in [0.1, 0.15) is 34.6 Å². The molecule has 106 valence electrons. The van der Waals surface area contributed by atoms with Crippen LogP contribution in [-0.2, 0) is 4.74 Å². The minimum Gasteiger partial charge on any atom is -0.444 e. The molecule has 0 aromatic carbocycles. The zero-order valence-corrected chi connectivity index (χ0v) is 12.1. The highest BCUT2D eigenvalue weighted by molar-refractivity contribution is 5.68. The number of aliphatic hydroxyl groups is 1. The molecule has 1 fully saturated rings. The van der Waals surface area contributed by atoms with Crippen molar-refractivity contribution < 1.29 is 14.6 Å². The molecule has 5 nitrogen and oxygen atoms in total. The number of nitrogens with zero attached hydrogens (tertiary/aromatic N) is 1. The number of likely N-dealkylation sites (tertiary alicyclic amines) is 1. The highest BCUT2D eigenvalue weighted by Gasteiger charge is 2.35. The molecule has 1 unspecified atom stereocenters. The fourth-order valence-electron chi connectivity index (χ4n) is 1.92. The van der Waals surface area contributed by atoms with E-state index in [9.17, 15) is 9.90 Å². The van der Waals surface area contributed by atoms with Gasteiger partial charge in [-0.25, -0.2) is 4.79 Å². The number of hydrogen-bond donors (Lipinski definition) is 2. The lowest BCUT2D eigenvalue weighted by Gasteiger charge is -2.24. The van der Waals surface area contributed by atoms with Gasteiger partial charge in [-0.3, -0.25) is 0 Å². The molecule has 1 rings (SSSR count). The summed E-state index contributed by atoms with van der Waals surface area (Å²) < 4.78 is 5.30. The smallest absolute Gasteiger partial charge is 0.410 e. The van der Waals surface area contributed by atoms with Crippen molar-refractivity contribution in [3.63, 3.8) is 0 Å². The molecule has 1 heterocycles. The first-order valence-electron chi connectivity index (χ1n) is 6.58. The number of amides is 1. The van der Waals surface area contributed by atoms with Crippen LogP contribution in [0.3, 0.4) is 0 Å².